The number of para-hydroxylation sites is 1. The zero-order valence-corrected chi connectivity index (χ0v) is 11.6. The van der Waals surface area contributed by atoms with Crippen LogP contribution in [0.1, 0.15) is 17.3 Å². The molecule has 21 heavy (non-hydrogen) atoms. The van der Waals surface area contributed by atoms with Crippen molar-refractivity contribution < 1.29 is 14.3 Å². The van der Waals surface area contributed by atoms with E-state index in [1.807, 2.05) is 30.3 Å². The Balaban J connectivity index is 1.98. The fourth-order valence-corrected chi connectivity index (χ4v) is 1.71. The van der Waals surface area contributed by atoms with Gasteiger partial charge in [-0.05, 0) is 43.3 Å². The highest BCUT2D eigenvalue weighted by atomic mass is 16.5. The smallest absolute Gasteiger partial charge is 0.411 e. The summed E-state index contributed by atoms with van der Waals surface area (Å²) in [6.45, 7) is 2.04. The van der Waals surface area contributed by atoms with Crippen molar-refractivity contribution in [1.82, 2.24) is 0 Å². The number of hydrogen-bond donors (Lipinski definition) is 2. The van der Waals surface area contributed by atoms with Crippen molar-refractivity contribution in [1.29, 1.82) is 0 Å². The topological polar surface area (TPSA) is 67.4 Å². The van der Waals surface area contributed by atoms with E-state index < -0.39 is 6.09 Å². The molecule has 0 aromatic heterocycles. The van der Waals surface area contributed by atoms with E-state index in [0.717, 1.165) is 5.69 Å². The molecule has 5 heteroatoms. The van der Waals surface area contributed by atoms with Crippen molar-refractivity contribution in [2.75, 3.05) is 17.2 Å². The Morgan fingerprint density at radius 2 is 1.52 bits per heavy atom. The maximum Gasteiger partial charge on any atom is 0.411 e. The zero-order valence-electron chi connectivity index (χ0n) is 11.6. The predicted octanol–water partition coefficient (Wildman–Crippen LogP) is 3.51. The van der Waals surface area contributed by atoms with Crippen molar-refractivity contribution >= 4 is 23.4 Å². The standard InChI is InChI=1S/C16H16N2O3/c1-2-21-16(20)18-14-10-8-12(9-11-14)15(19)17-13-6-4-3-5-7-13/h3-11H,2H2,1H3,(H,17,19)(H,18,20). The lowest BCUT2D eigenvalue weighted by molar-refractivity contribution is 0.102. The van der Waals surface area contributed by atoms with Crippen LogP contribution in [0.25, 0.3) is 0 Å². The molecule has 2 rings (SSSR count). The average Bonchev–Trinajstić information content (AvgIpc) is 2.49. The summed E-state index contributed by atoms with van der Waals surface area (Å²) in [6.07, 6.45) is -0.515. The number of rotatable bonds is 4. The van der Waals surface area contributed by atoms with Gasteiger partial charge < -0.3 is 10.1 Å². The van der Waals surface area contributed by atoms with E-state index in [2.05, 4.69) is 10.6 Å². The van der Waals surface area contributed by atoms with Gasteiger partial charge in [-0.2, -0.15) is 0 Å². The Labute approximate surface area is 122 Å². The van der Waals surface area contributed by atoms with E-state index in [4.69, 9.17) is 4.74 Å². The third-order valence-electron chi connectivity index (χ3n) is 2.70. The van der Waals surface area contributed by atoms with Crippen LogP contribution in [0.5, 0.6) is 0 Å². The molecule has 2 amide bonds. The van der Waals surface area contributed by atoms with Gasteiger partial charge >= 0.3 is 6.09 Å². The molecule has 5 nitrogen and oxygen atoms in total. The first-order valence-electron chi connectivity index (χ1n) is 6.59. The van der Waals surface area contributed by atoms with Gasteiger partial charge in [0.05, 0.1) is 6.61 Å². The van der Waals surface area contributed by atoms with Crippen LogP contribution in [0.4, 0.5) is 16.2 Å². The summed E-state index contributed by atoms with van der Waals surface area (Å²) in [5, 5.41) is 5.35. The number of amides is 2. The zero-order chi connectivity index (χ0) is 15.1. The second kappa shape index (κ2) is 7.09. The Morgan fingerprint density at radius 1 is 0.905 bits per heavy atom. The van der Waals surface area contributed by atoms with Crippen LogP contribution in [0.3, 0.4) is 0 Å². The molecule has 0 unspecified atom stereocenters. The highest BCUT2D eigenvalue weighted by Gasteiger charge is 2.07. The number of ether oxygens (including phenoxy) is 1. The molecule has 0 atom stereocenters. The van der Waals surface area contributed by atoms with Crippen LogP contribution in [0, 0.1) is 0 Å². The Bertz CT molecular complexity index is 609. The minimum absolute atomic E-state index is 0.205. The Hall–Kier alpha value is -2.82. The third kappa shape index (κ3) is 4.35. The normalized spacial score (nSPS) is 9.76. The van der Waals surface area contributed by atoms with Gasteiger partial charge in [-0.1, -0.05) is 18.2 Å². The van der Waals surface area contributed by atoms with Gasteiger partial charge in [-0.15, -0.1) is 0 Å². The highest BCUT2D eigenvalue weighted by Crippen LogP contribution is 2.12. The molecule has 0 saturated carbocycles. The van der Waals surface area contributed by atoms with Crippen LogP contribution in [0.15, 0.2) is 54.6 Å². The van der Waals surface area contributed by atoms with E-state index in [1.54, 1.807) is 31.2 Å². The van der Waals surface area contributed by atoms with Crippen LogP contribution in [0.2, 0.25) is 0 Å². The summed E-state index contributed by atoms with van der Waals surface area (Å²) in [5.41, 5.74) is 1.81. The summed E-state index contributed by atoms with van der Waals surface area (Å²) in [7, 11) is 0. The Kier molecular flexibility index (Phi) is 4.93. The largest absolute Gasteiger partial charge is 0.450 e. The molecule has 108 valence electrons. The number of carbonyl (C=O) groups is 2. The summed E-state index contributed by atoms with van der Waals surface area (Å²) in [4.78, 5) is 23.3. The lowest BCUT2D eigenvalue weighted by Crippen LogP contribution is -2.14. The molecular formula is C16H16N2O3. The molecule has 0 heterocycles. The molecule has 0 fully saturated rings. The second-order valence-corrected chi connectivity index (χ2v) is 4.24. The monoisotopic (exact) mass is 284 g/mol. The maximum absolute atomic E-state index is 12.0. The summed E-state index contributed by atoms with van der Waals surface area (Å²) < 4.78 is 4.77. The van der Waals surface area contributed by atoms with E-state index >= 15 is 0 Å². The molecule has 2 aromatic rings. The molecule has 0 spiro atoms. The van der Waals surface area contributed by atoms with E-state index in [0.29, 0.717) is 17.9 Å². The number of hydrogen-bond acceptors (Lipinski definition) is 3. The summed E-state index contributed by atoms with van der Waals surface area (Å²) in [5.74, 6) is -0.205. The molecule has 2 aromatic carbocycles. The van der Waals surface area contributed by atoms with Crippen molar-refractivity contribution in [2.45, 2.75) is 6.92 Å². The van der Waals surface area contributed by atoms with E-state index in [-0.39, 0.29) is 5.91 Å². The molecular weight excluding hydrogens is 268 g/mol. The van der Waals surface area contributed by atoms with Crippen molar-refractivity contribution in [3.8, 4) is 0 Å². The third-order valence-corrected chi connectivity index (χ3v) is 2.70. The van der Waals surface area contributed by atoms with Gasteiger partial charge in [0.1, 0.15) is 0 Å². The molecule has 2 N–H and O–H groups in total. The molecule has 0 aliphatic carbocycles. The number of carbonyl (C=O) groups excluding carboxylic acids is 2. The SMILES string of the molecule is CCOC(=O)Nc1ccc(C(=O)Nc2ccccc2)cc1. The van der Waals surface area contributed by atoms with Gasteiger partial charge in [0.25, 0.3) is 5.91 Å². The predicted molar refractivity (Wildman–Crippen MR) is 81.5 cm³/mol. The van der Waals surface area contributed by atoms with Crippen LogP contribution in [-0.2, 0) is 4.74 Å². The molecule has 0 aliphatic rings. The number of benzene rings is 2. The van der Waals surface area contributed by atoms with E-state index in [9.17, 15) is 9.59 Å². The minimum atomic E-state index is -0.515. The van der Waals surface area contributed by atoms with Crippen LogP contribution < -0.4 is 10.6 Å². The highest BCUT2D eigenvalue weighted by molar-refractivity contribution is 6.04. The lowest BCUT2D eigenvalue weighted by Gasteiger charge is -2.07. The Morgan fingerprint density at radius 3 is 2.14 bits per heavy atom. The number of nitrogens with one attached hydrogen (secondary N) is 2. The molecule has 0 aliphatic heterocycles. The molecule has 0 bridgehead atoms. The number of anilines is 2. The summed E-state index contributed by atoms with van der Waals surface area (Å²) in [6, 6.07) is 15.8. The minimum Gasteiger partial charge on any atom is -0.450 e. The first kappa shape index (κ1) is 14.6. The van der Waals surface area contributed by atoms with Crippen LogP contribution >= 0.6 is 0 Å². The fourth-order valence-electron chi connectivity index (χ4n) is 1.71. The van der Waals surface area contributed by atoms with Gasteiger partial charge in [-0.3, -0.25) is 10.1 Å². The maximum atomic E-state index is 12.0. The van der Waals surface area contributed by atoms with Gasteiger partial charge in [0, 0.05) is 16.9 Å². The van der Waals surface area contributed by atoms with Crippen molar-refractivity contribution in [3.05, 3.63) is 60.2 Å². The van der Waals surface area contributed by atoms with Gasteiger partial charge in [0.2, 0.25) is 0 Å². The fraction of sp³-hybridized carbons (Fsp3) is 0.125. The van der Waals surface area contributed by atoms with Crippen molar-refractivity contribution in [2.24, 2.45) is 0 Å². The second-order valence-electron chi connectivity index (χ2n) is 4.24. The lowest BCUT2D eigenvalue weighted by atomic mass is 10.2. The van der Waals surface area contributed by atoms with Gasteiger partial charge in [-0.25, -0.2) is 4.79 Å². The van der Waals surface area contributed by atoms with Gasteiger partial charge in [0.15, 0.2) is 0 Å². The average molecular weight is 284 g/mol. The van der Waals surface area contributed by atoms with E-state index in [1.165, 1.54) is 0 Å². The van der Waals surface area contributed by atoms with Crippen LogP contribution in [-0.4, -0.2) is 18.6 Å². The molecule has 0 saturated heterocycles. The first-order valence-corrected chi connectivity index (χ1v) is 6.59. The molecule has 0 radical (unpaired) electrons. The van der Waals surface area contributed by atoms with Crippen molar-refractivity contribution in [3.63, 3.8) is 0 Å². The first-order chi connectivity index (χ1) is 10.2. The quantitative estimate of drug-likeness (QED) is 0.902. The summed E-state index contributed by atoms with van der Waals surface area (Å²) >= 11 is 0.